The Morgan fingerprint density at radius 1 is 0.775 bits per heavy atom. The molecule has 40 heavy (non-hydrogen) atoms. The molecule has 4 aliphatic heterocycles. The van der Waals surface area contributed by atoms with Gasteiger partial charge in [-0.15, -0.1) is 0 Å². The molecule has 4 heterocycles. The lowest BCUT2D eigenvalue weighted by Crippen LogP contribution is -2.45. The summed E-state index contributed by atoms with van der Waals surface area (Å²) in [6, 6.07) is 7.60. The van der Waals surface area contributed by atoms with Crippen LogP contribution in [0.4, 0.5) is 0 Å². The summed E-state index contributed by atoms with van der Waals surface area (Å²) in [4.78, 5) is 0. The minimum absolute atomic E-state index is 0. The van der Waals surface area contributed by atoms with Gasteiger partial charge in [-0.25, -0.2) is 0 Å². The summed E-state index contributed by atoms with van der Waals surface area (Å²) in [6.45, 7) is 4.62. The molecular formula is C26H38B2Br2N2O8. The predicted molar refractivity (Wildman–Crippen MR) is 162 cm³/mol. The average molecular weight is 688 g/mol. The zero-order valence-corrected chi connectivity index (χ0v) is 24.3. The van der Waals surface area contributed by atoms with Gasteiger partial charge in [0.05, 0.1) is 25.4 Å². The van der Waals surface area contributed by atoms with Gasteiger partial charge in [0.2, 0.25) is 0 Å². The molecule has 14 heteroatoms. The van der Waals surface area contributed by atoms with E-state index in [1.807, 2.05) is 24.3 Å². The largest absolute Gasteiger partial charge is 0.499 e. The van der Waals surface area contributed by atoms with Crippen molar-refractivity contribution in [1.82, 2.24) is 0 Å². The molecule has 0 unspecified atom stereocenters. The van der Waals surface area contributed by atoms with Crippen molar-refractivity contribution < 1.29 is 38.3 Å². The first-order valence-corrected chi connectivity index (χ1v) is 13.9. The van der Waals surface area contributed by atoms with Crippen molar-refractivity contribution in [3.8, 4) is 11.5 Å². The maximum atomic E-state index is 9.47. The number of hydrogen-bond acceptors (Lipinski definition) is 10. The van der Waals surface area contributed by atoms with Crippen LogP contribution in [-0.4, -0.2) is 75.2 Å². The fourth-order valence-corrected chi connectivity index (χ4v) is 6.08. The summed E-state index contributed by atoms with van der Waals surface area (Å²) in [5.41, 5.74) is 13.7. The van der Waals surface area contributed by atoms with Crippen LogP contribution in [0.15, 0.2) is 33.2 Å². The van der Waals surface area contributed by atoms with Gasteiger partial charge in [-0.1, -0.05) is 46.7 Å². The Kier molecular flexibility index (Phi) is 10.8. The molecule has 0 fully saturated rings. The van der Waals surface area contributed by atoms with Crippen molar-refractivity contribution in [1.29, 1.82) is 0 Å². The van der Waals surface area contributed by atoms with E-state index in [1.54, 1.807) is 13.8 Å². The lowest BCUT2D eigenvalue weighted by atomic mass is 9.77. The third-order valence-corrected chi connectivity index (χ3v) is 8.41. The van der Waals surface area contributed by atoms with E-state index >= 15 is 0 Å². The van der Waals surface area contributed by atoms with Crippen LogP contribution in [0.25, 0.3) is 0 Å². The van der Waals surface area contributed by atoms with Crippen LogP contribution in [0, 0.1) is 0 Å². The molecule has 0 bridgehead atoms. The topological polar surface area (TPSA) is 148 Å². The summed E-state index contributed by atoms with van der Waals surface area (Å²) in [7, 11) is -1.09. The molecule has 2 aromatic rings. The number of aliphatic hydroxyl groups is 2. The van der Waals surface area contributed by atoms with E-state index in [4.69, 9.17) is 39.6 Å². The Bertz CT molecular complexity index is 1120. The summed E-state index contributed by atoms with van der Waals surface area (Å²) >= 11 is 7.04. The molecule has 0 saturated heterocycles. The van der Waals surface area contributed by atoms with Crippen LogP contribution in [0.2, 0.25) is 0 Å². The van der Waals surface area contributed by atoms with Gasteiger partial charge in [-0.3, -0.25) is 0 Å². The Hall–Kier alpha value is -1.19. The second-order valence-electron chi connectivity index (χ2n) is 10.2. The van der Waals surface area contributed by atoms with Crippen molar-refractivity contribution in [3.63, 3.8) is 0 Å². The van der Waals surface area contributed by atoms with Crippen molar-refractivity contribution in [2.24, 2.45) is 11.5 Å². The second-order valence-corrected chi connectivity index (χ2v) is 11.9. The van der Waals surface area contributed by atoms with Crippen molar-refractivity contribution >= 4 is 57.0 Å². The molecule has 2 aromatic carbocycles. The molecule has 0 saturated carbocycles. The predicted octanol–water partition coefficient (Wildman–Crippen LogP) is 1.94. The summed E-state index contributed by atoms with van der Waals surface area (Å²) in [5, 5.41) is 18.9. The van der Waals surface area contributed by atoms with Gasteiger partial charge in [0.1, 0.15) is 35.9 Å². The molecule has 0 amide bonds. The highest BCUT2D eigenvalue weighted by Gasteiger charge is 2.48. The average Bonchev–Trinajstić information content (AvgIpc) is 3.38. The Balaban J connectivity index is 0.000000210. The number of ether oxygens (including phenoxy) is 2. The molecule has 4 aliphatic rings. The highest BCUT2D eigenvalue weighted by Crippen LogP contribution is 2.38. The fraction of sp³-hybridized carbons (Fsp3) is 0.538. The number of nitrogens with two attached hydrogens (primary N) is 2. The molecule has 4 atom stereocenters. The van der Waals surface area contributed by atoms with E-state index < -0.39 is 25.4 Å². The highest BCUT2D eigenvalue weighted by atomic mass is 79.9. The number of benzene rings is 2. The molecule has 0 aromatic heterocycles. The molecule has 6 rings (SSSR count). The van der Waals surface area contributed by atoms with Crippen LogP contribution < -0.4 is 31.9 Å². The normalized spacial score (nSPS) is 27.4. The quantitative estimate of drug-likeness (QED) is 0.352. The standard InChI is InChI=1S/2C12H15BBrNO4.2CH4/c2*1-12(5-16)6-17-8-3-2-7(14)10-9(4-15)18-13(19-12)11(8)10;;/h2*2-3,9,16H,4-6,15H2,1H3;2*1H4/t9-,12+;9-,12-;;/m11../s1. The summed E-state index contributed by atoms with van der Waals surface area (Å²) in [6.07, 6.45) is -0.446. The SMILES string of the molecule is C.C.C[C@@]1(CO)COc2ccc(Br)c3c2B(O[C@@H]3CN)O1.C[C@]1(CO)COc2ccc(Br)c3c2B(O[C@@H]3CN)O1. The monoisotopic (exact) mass is 686 g/mol. The summed E-state index contributed by atoms with van der Waals surface area (Å²) in [5.74, 6) is 1.47. The minimum Gasteiger partial charge on any atom is -0.491 e. The number of aliphatic hydroxyl groups excluding tert-OH is 2. The maximum absolute atomic E-state index is 9.47. The third kappa shape index (κ3) is 5.98. The van der Waals surface area contributed by atoms with Crippen LogP contribution in [0.3, 0.4) is 0 Å². The number of hydrogen-bond donors (Lipinski definition) is 4. The summed E-state index contributed by atoms with van der Waals surface area (Å²) < 4.78 is 36.9. The van der Waals surface area contributed by atoms with Gasteiger partial charge >= 0.3 is 14.2 Å². The van der Waals surface area contributed by atoms with Gasteiger partial charge in [-0.2, -0.15) is 0 Å². The van der Waals surface area contributed by atoms with E-state index in [0.717, 1.165) is 42.5 Å². The van der Waals surface area contributed by atoms with Gasteiger partial charge in [0.15, 0.2) is 0 Å². The zero-order valence-electron chi connectivity index (χ0n) is 21.1. The van der Waals surface area contributed by atoms with E-state index in [9.17, 15) is 10.2 Å². The van der Waals surface area contributed by atoms with Crippen LogP contribution in [0.1, 0.15) is 52.0 Å². The smallest absolute Gasteiger partial charge is 0.491 e. The van der Waals surface area contributed by atoms with E-state index in [-0.39, 0.29) is 53.5 Å². The van der Waals surface area contributed by atoms with E-state index in [1.165, 1.54) is 0 Å². The molecule has 6 N–H and O–H groups in total. The first-order chi connectivity index (χ1) is 18.2. The third-order valence-electron chi connectivity index (χ3n) is 7.03. The number of rotatable bonds is 4. The molecule has 10 nitrogen and oxygen atoms in total. The first kappa shape index (κ1) is 33.3. The van der Waals surface area contributed by atoms with Crippen LogP contribution in [-0.2, 0) is 18.6 Å². The molecular weight excluding hydrogens is 650 g/mol. The molecule has 0 radical (unpaired) electrons. The van der Waals surface area contributed by atoms with Crippen molar-refractivity contribution in [2.45, 2.75) is 52.1 Å². The first-order valence-electron chi connectivity index (χ1n) is 12.3. The van der Waals surface area contributed by atoms with Gasteiger partial charge in [0, 0.05) is 33.0 Å². The Morgan fingerprint density at radius 3 is 1.48 bits per heavy atom. The Labute approximate surface area is 253 Å². The van der Waals surface area contributed by atoms with Gasteiger partial charge in [-0.05, 0) is 49.2 Å². The fourth-order valence-electron chi connectivity index (χ4n) is 4.87. The lowest BCUT2D eigenvalue weighted by Gasteiger charge is -2.27. The van der Waals surface area contributed by atoms with E-state index in [0.29, 0.717) is 13.1 Å². The van der Waals surface area contributed by atoms with E-state index in [2.05, 4.69) is 31.9 Å². The van der Waals surface area contributed by atoms with Crippen LogP contribution >= 0.6 is 31.9 Å². The number of halogens is 2. The van der Waals surface area contributed by atoms with Gasteiger partial charge in [0.25, 0.3) is 0 Å². The second kappa shape index (κ2) is 13.0. The molecule has 220 valence electrons. The van der Waals surface area contributed by atoms with Crippen molar-refractivity contribution in [3.05, 3.63) is 44.3 Å². The van der Waals surface area contributed by atoms with Crippen LogP contribution in [0.5, 0.6) is 11.5 Å². The highest BCUT2D eigenvalue weighted by molar-refractivity contribution is 9.10. The molecule has 0 aliphatic carbocycles. The Morgan fingerprint density at radius 2 is 1.15 bits per heavy atom. The van der Waals surface area contributed by atoms with Crippen molar-refractivity contribution in [2.75, 3.05) is 39.5 Å². The minimum atomic E-state index is -0.781. The molecule has 0 spiro atoms. The zero-order chi connectivity index (χ0) is 27.2. The lowest BCUT2D eigenvalue weighted by molar-refractivity contribution is -0.0266. The maximum Gasteiger partial charge on any atom is 0.499 e. The van der Waals surface area contributed by atoms with Gasteiger partial charge < -0.3 is 49.8 Å².